The zero-order valence-corrected chi connectivity index (χ0v) is 8.04. The summed E-state index contributed by atoms with van der Waals surface area (Å²) in [5, 5.41) is 13.7. The van der Waals surface area contributed by atoms with Gasteiger partial charge in [-0.1, -0.05) is 0 Å². The zero-order valence-electron chi connectivity index (χ0n) is 7.23. The summed E-state index contributed by atoms with van der Waals surface area (Å²) in [7, 11) is 0. The van der Waals surface area contributed by atoms with Gasteiger partial charge in [-0.05, 0) is 41.4 Å². The molecule has 13 heavy (non-hydrogen) atoms. The fourth-order valence-electron chi connectivity index (χ4n) is 1.20. The molecule has 0 saturated heterocycles. The lowest BCUT2D eigenvalue weighted by atomic mass is 10.1. The van der Waals surface area contributed by atoms with Crippen molar-refractivity contribution in [1.29, 1.82) is 0 Å². The highest BCUT2D eigenvalue weighted by atomic mass is 32.1. The van der Waals surface area contributed by atoms with E-state index in [-0.39, 0.29) is 0 Å². The van der Waals surface area contributed by atoms with Crippen molar-refractivity contribution in [3.8, 4) is 0 Å². The van der Waals surface area contributed by atoms with Crippen LogP contribution in [0.25, 0.3) is 0 Å². The molecule has 1 N–H and O–H groups in total. The topological polar surface area (TPSA) is 33.4 Å². The van der Waals surface area contributed by atoms with Gasteiger partial charge < -0.3 is 9.52 Å². The third kappa shape index (κ3) is 1.66. The minimum Gasteiger partial charge on any atom is -0.463 e. The SMILES string of the molecule is Cc1ccc([C@@H](O)c2ccsc2)o1. The van der Waals surface area contributed by atoms with Gasteiger partial charge in [0.05, 0.1) is 0 Å². The fourth-order valence-corrected chi connectivity index (χ4v) is 1.87. The van der Waals surface area contributed by atoms with Gasteiger partial charge in [-0.3, -0.25) is 0 Å². The summed E-state index contributed by atoms with van der Waals surface area (Å²) < 4.78 is 5.32. The third-order valence-electron chi connectivity index (χ3n) is 1.89. The quantitative estimate of drug-likeness (QED) is 0.797. The van der Waals surface area contributed by atoms with E-state index in [0.717, 1.165) is 11.3 Å². The van der Waals surface area contributed by atoms with Gasteiger partial charge in [0.2, 0.25) is 0 Å². The number of furan rings is 1. The third-order valence-corrected chi connectivity index (χ3v) is 2.59. The van der Waals surface area contributed by atoms with Crippen LogP contribution >= 0.6 is 11.3 Å². The Kier molecular flexibility index (Phi) is 2.20. The highest BCUT2D eigenvalue weighted by Gasteiger charge is 2.13. The molecular weight excluding hydrogens is 184 g/mol. The van der Waals surface area contributed by atoms with Crippen molar-refractivity contribution in [2.24, 2.45) is 0 Å². The van der Waals surface area contributed by atoms with Gasteiger partial charge in [-0.25, -0.2) is 0 Å². The summed E-state index contributed by atoms with van der Waals surface area (Å²) >= 11 is 1.57. The maximum absolute atomic E-state index is 9.81. The average Bonchev–Trinajstić information content (AvgIpc) is 2.72. The lowest BCUT2D eigenvalue weighted by Crippen LogP contribution is -1.95. The number of thiophene rings is 1. The normalized spacial score (nSPS) is 13.1. The Labute approximate surface area is 80.4 Å². The molecule has 0 aliphatic rings. The molecular formula is C10H10O2S. The molecule has 2 aromatic heterocycles. The Hall–Kier alpha value is -1.06. The smallest absolute Gasteiger partial charge is 0.137 e. The molecule has 0 unspecified atom stereocenters. The number of hydrogen-bond acceptors (Lipinski definition) is 3. The first kappa shape index (κ1) is 8.53. The summed E-state index contributed by atoms with van der Waals surface area (Å²) in [5.41, 5.74) is 0.888. The number of aryl methyl sites for hydroxylation is 1. The summed E-state index contributed by atoms with van der Waals surface area (Å²) in [6.45, 7) is 1.86. The van der Waals surface area contributed by atoms with Crippen LogP contribution in [0.15, 0.2) is 33.4 Å². The molecule has 0 fully saturated rings. The van der Waals surface area contributed by atoms with Crippen molar-refractivity contribution >= 4 is 11.3 Å². The maximum Gasteiger partial charge on any atom is 0.137 e. The first-order chi connectivity index (χ1) is 6.27. The van der Waals surface area contributed by atoms with Crippen LogP contribution in [-0.4, -0.2) is 5.11 Å². The summed E-state index contributed by atoms with van der Waals surface area (Å²) in [4.78, 5) is 0. The van der Waals surface area contributed by atoms with Crippen LogP contribution in [-0.2, 0) is 0 Å². The molecule has 0 amide bonds. The number of aliphatic hydroxyl groups is 1. The van der Waals surface area contributed by atoms with Crippen molar-refractivity contribution in [3.05, 3.63) is 46.0 Å². The lowest BCUT2D eigenvalue weighted by Gasteiger charge is -2.03. The van der Waals surface area contributed by atoms with E-state index in [2.05, 4.69) is 0 Å². The Bertz CT molecular complexity index is 375. The highest BCUT2D eigenvalue weighted by Crippen LogP contribution is 2.24. The fraction of sp³-hybridized carbons (Fsp3) is 0.200. The molecule has 0 aromatic carbocycles. The summed E-state index contributed by atoms with van der Waals surface area (Å²) in [5.74, 6) is 1.43. The van der Waals surface area contributed by atoms with Crippen LogP contribution in [0, 0.1) is 6.92 Å². The largest absolute Gasteiger partial charge is 0.463 e. The van der Waals surface area contributed by atoms with Crippen molar-refractivity contribution < 1.29 is 9.52 Å². The molecule has 0 spiro atoms. The predicted molar refractivity (Wildman–Crippen MR) is 51.8 cm³/mol. The molecule has 3 heteroatoms. The molecule has 0 aliphatic carbocycles. The Morgan fingerprint density at radius 2 is 2.23 bits per heavy atom. The molecule has 68 valence electrons. The zero-order chi connectivity index (χ0) is 9.26. The van der Waals surface area contributed by atoms with E-state index in [0.29, 0.717) is 5.76 Å². The van der Waals surface area contributed by atoms with Crippen molar-refractivity contribution in [2.45, 2.75) is 13.0 Å². The molecule has 2 nitrogen and oxygen atoms in total. The second-order valence-electron chi connectivity index (χ2n) is 2.91. The van der Waals surface area contributed by atoms with E-state index in [9.17, 15) is 5.11 Å². The Balaban J connectivity index is 2.28. The van der Waals surface area contributed by atoms with Crippen LogP contribution in [0.3, 0.4) is 0 Å². The number of rotatable bonds is 2. The van der Waals surface area contributed by atoms with E-state index in [1.807, 2.05) is 29.8 Å². The van der Waals surface area contributed by atoms with E-state index < -0.39 is 6.10 Å². The van der Waals surface area contributed by atoms with Crippen LogP contribution in [0.1, 0.15) is 23.2 Å². The van der Waals surface area contributed by atoms with Crippen molar-refractivity contribution in [2.75, 3.05) is 0 Å². The van der Waals surface area contributed by atoms with Gasteiger partial charge in [0.1, 0.15) is 17.6 Å². The molecule has 0 radical (unpaired) electrons. The van der Waals surface area contributed by atoms with Gasteiger partial charge in [0.15, 0.2) is 0 Å². The molecule has 2 rings (SSSR count). The van der Waals surface area contributed by atoms with Crippen molar-refractivity contribution in [3.63, 3.8) is 0 Å². The van der Waals surface area contributed by atoms with Gasteiger partial charge in [0.25, 0.3) is 0 Å². The summed E-state index contributed by atoms with van der Waals surface area (Å²) in [6, 6.07) is 5.55. The first-order valence-electron chi connectivity index (χ1n) is 4.04. The van der Waals surface area contributed by atoms with Gasteiger partial charge in [0, 0.05) is 0 Å². The molecule has 0 saturated carbocycles. The van der Waals surface area contributed by atoms with Crippen LogP contribution in [0.2, 0.25) is 0 Å². The van der Waals surface area contributed by atoms with Crippen LogP contribution < -0.4 is 0 Å². The molecule has 0 aliphatic heterocycles. The minimum atomic E-state index is -0.625. The highest BCUT2D eigenvalue weighted by molar-refractivity contribution is 7.07. The average molecular weight is 194 g/mol. The lowest BCUT2D eigenvalue weighted by molar-refractivity contribution is 0.188. The van der Waals surface area contributed by atoms with Gasteiger partial charge in [-0.2, -0.15) is 11.3 Å². The van der Waals surface area contributed by atoms with E-state index >= 15 is 0 Å². The monoisotopic (exact) mass is 194 g/mol. The Morgan fingerprint density at radius 3 is 2.77 bits per heavy atom. The van der Waals surface area contributed by atoms with Gasteiger partial charge >= 0.3 is 0 Å². The number of aliphatic hydroxyl groups excluding tert-OH is 1. The molecule has 1 atom stereocenters. The maximum atomic E-state index is 9.81. The number of hydrogen-bond donors (Lipinski definition) is 1. The van der Waals surface area contributed by atoms with E-state index in [1.165, 1.54) is 0 Å². The standard InChI is InChI=1S/C10H10O2S/c1-7-2-3-9(12-7)10(11)8-4-5-13-6-8/h2-6,10-11H,1H3/t10-/m0/s1. The van der Waals surface area contributed by atoms with Crippen LogP contribution in [0.5, 0.6) is 0 Å². The molecule has 2 heterocycles. The van der Waals surface area contributed by atoms with E-state index in [4.69, 9.17) is 4.42 Å². The second-order valence-corrected chi connectivity index (χ2v) is 3.69. The second kappa shape index (κ2) is 3.36. The van der Waals surface area contributed by atoms with E-state index in [1.54, 1.807) is 17.4 Å². The molecule has 2 aromatic rings. The first-order valence-corrected chi connectivity index (χ1v) is 4.98. The minimum absolute atomic E-state index is 0.607. The van der Waals surface area contributed by atoms with Gasteiger partial charge in [-0.15, -0.1) is 0 Å². The Morgan fingerprint density at radius 1 is 1.38 bits per heavy atom. The molecule has 0 bridgehead atoms. The van der Waals surface area contributed by atoms with Crippen LogP contribution in [0.4, 0.5) is 0 Å². The summed E-state index contributed by atoms with van der Waals surface area (Å²) in [6.07, 6.45) is -0.625. The van der Waals surface area contributed by atoms with Crippen molar-refractivity contribution in [1.82, 2.24) is 0 Å². The predicted octanol–water partition coefficient (Wildman–Crippen LogP) is 2.73.